The van der Waals surface area contributed by atoms with Gasteiger partial charge in [-0.05, 0) is 26.5 Å². The Labute approximate surface area is 91.1 Å². The van der Waals surface area contributed by atoms with Gasteiger partial charge in [-0.2, -0.15) is 0 Å². The predicted molar refractivity (Wildman–Crippen MR) is 59.5 cm³/mol. The smallest absolute Gasteiger partial charge is 0.154 e. The summed E-state index contributed by atoms with van der Waals surface area (Å²) in [5.74, 6) is 0.768. The summed E-state index contributed by atoms with van der Waals surface area (Å²) in [6, 6.07) is 2.00. The van der Waals surface area contributed by atoms with Crippen molar-refractivity contribution >= 4 is 0 Å². The highest BCUT2D eigenvalue weighted by molar-refractivity contribution is 5.09. The Bertz CT molecular complexity index is 276. The van der Waals surface area contributed by atoms with E-state index in [-0.39, 0.29) is 0 Å². The van der Waals surface area contributed by atoms with Gasteiger partial charge in [-0.1, -0.05) is 6.92 Å². The molecule has 1 aromatic heterocycles. The van der Waals surface area contributed by atoms with E-state index in [2.05, 4.69) is 22.2 Å². The van der Waals surface area contributed by atoms with Crippen molar-refractivity contribution in [2.45, 2.75) is 33.9 Å². The summed E-state index contributed by atoms with van der Waals surface area (Å²) in [6.45, 7) is 8.96. The quantitative estimate of drug-likeness (QED) is 0.770. The number of rotatable bonds is 6. The van der Waals surface area contributed by atoms with Gasteiger partial charge >= 0.3 is 0 Å². The van der Waals surface area contributed by atoms with Crippen molar-refractivity contribution in [3.8, 4) is 0 Å². The van der Waals surface area contributed by atoms with Gasteiger partial charge in [0.2, 0.25) is 0 Å². The second-order valence-corrected chi connectivity index (χ2v) is 3.33. The standard InChI is InChI=1S/C11H19N3O/c1-4-12-7-10-6-9(3)13-11(14-10)8-15-5-2/h6,12H,4-5,7-8H2,1-3H3. The molecule has 0 saturated heterocycles. The average molecular weight is 209 g/mol. The molecular formula is C11H19N3O. The van der Waals surface area contributed by atoms with Crippen molar-refractivity contribution in [3.63, 3.8) is 0 Å². The lowest BCUT2D eigenvalue weighted by molar-refractivity contribution is 0.128. The predicted octanol–water partition coefficient (Wildman–Crippen LogP) is 1.43. The summed E-state index contributed by atoms with van der Waals surface area (Å²) in [7, 11) is 0. The Kier molecular flexibility index (Phi) is 5.21. The first kappa shape index (κ1) is 12.1. The fraction of sp³-hybridized carbons (Fsp3) is 0.636. The van der Waals surface area contributed by atoms with Gasteiger partial charge in [0, 0.05) is 18.8 Å². The van der Waals surface area contributed by atoms with Gasteiger partial charge in [-0.25, -0.2) is 9.97 Å². The fourth-order valence-electron chi connectivity index (χ4n) is 1.30. The van der Waals surface area contributed by atoms with Gasteiger partial charge in [-0.3, -0.25) is 0 Å². The van der Waals surface area contributed by atoms with E-state index in [0.29, 0.717) is 13.2 Å². The summed E-state index contributed by atoms with van der Waals surface area (Å²) in [5, 5.41) is 3.24. The largest absolute Gasteiger partial charge is 0.374 e. The highest BCUT2D eigenvalue weighted by atomic mass is 16.5. The topological polar surface area (TPSA) is 47.0 Å². The maximum absolute atomic E-state index is 5.29. The second kappa shape index (κ2) is 6.48. The number of aromatic nitrogens is 2. The van der Waals surface area contributed by atoms with Crippen LogP contribution in [0.25, 0.3) is 0 Å². The molecule has 1 rings (SSSR count). The van der Waals surface area contributed by atoms with Crippen LogP contribution in [0.15, 0.2) is 6.07 Å². The van der Waals surface area contributed by atoms with Crippen LogP contribution in [0.5, 0.6) is 0 Å². The molecule has 15 heavy (non-hydrogen) atoms. The monoisotopic (exact) mass is 209 g/mol. The minimum absolute atomic E-state index is 0.497. The average Bonchev–Trinajstić information content (AvgIpc) is 2.23. The van der Waals surface area contributed by atoms with Crippen LogP contribution in [-0.4, -0.2) is 23.1 Å². The van der Waals surface area contributed by atoms with Crippen LogP contribution in [0.2, 0.25) is 0 Å². The van der Waals surface area contributed by atoms with Gasteiger partial charge < -0.3 is 10.1 Å². The molecule has 4 heteroatoms. The Morgan fingerprint density at radius 2 is 2.13 bits per heavy atom. The number of nitrogens with one attached hydrogen (secondary N) is 1. The lowest BCUT2D eigenvalue weighted by Crippen LogP contribution is -2.14. The first-order chi connectivity index (χ1) is 7.26. The van der Waals surface area contributed by atoms with Crippen LogP contribution in [0.1, 0.15) is 31.1 Å². The van der Waals surface area contributed by atoms with E-state index in [1.807, 2.05) is 19.9 Å². The Hall–Kier alpha value is -1.00. The van der Waals surface area contributed by atoms with E-state index in [4.69, 9.17) is 4.74 Å². The van der Waals surface area contributed by atoms with Gasteiger partial charge in [0.25, 0.3) is 0 Å². The molecule has 0 aromatic carbocycles. The third-order valence-corrected chi connectivity index (χ3v) is 1.94. The van der Waals surface area contributed by atoms with Gasteiger partial charge in [-0.15, -0.1) is 0 Å². The Morgan fingerprint density at radius 1 is 1.33 bits per heavy atom. The van der Waals surface area contributed by atoms with E-state index in [1.165, 1.54) is 0 Å². The summed E-state index contributed by atoms with van der Waals surface area (Å²) in [4.78, 5) is 8.73. The highest BCUT2D eigenvalue weighted by Crippen LogP contribution is 2.02. The molecule has 0 radical (unpaired) electrons. The maximum Gasteiger partial charge on any atom is 0.154 e. The number of hydrogen-bond donors (Lipinski definition) is 1. The molecule has 0 aliphatic heterocycles. The van der Waals surface area contributed by atoms with Crippen molar-refractivity contribution in [1.29, 1.82) is 0 Å². The molecular weight excluding hydrogens is 190 g/mol. The Balaban J connectivity index is 2.66. The third-order valence-electron chi connectivity index (χ3n) is 1.94. The molecule has 0 saturated carbocycles. The summed E-state index contributed by atoms with van der Waals surface area (Å²) < 4.78 is 5.29. The second-order valence-electron chi connectivity index (χ2n) is 3.33. The van der Waals surface area contributed by atoms with Crippen LogP contribution in [0.4, 0.5) is 0 Å². The van der Waals surface area contributed by atoms with Gasteiger partial charge in [0.1, 0.15) is 6.61 Å². The molecule has 1 heterocycles. The molecule has 0 spiro atoms. The first-order valence-corrected chi connectivity index (χ1v) is 5.38. The molecule has 0 aliphatic carbocycles. The first-order valence-electron chi connectivity index (χ1n) is 5.38. The molecule has 0 amide bonds. The maximum atomic E-state index is 5.29. The SMILES string of the molecule is CCNCc1cc(C)nc(COCC)n1. The molecule has 1 aromatic rings. The van der Waals surface area contributed by atoms with Crippen molar-refractivity contribution in [2.75, 3.05) is 13.2 Å². The summed E-state index contributed by atoms with van der Waals surface area (Å²) in [5.41, 5.74) is 2.02. The highest BCUT2D eigenvalue weighted by Gasteiger charge is 2.01. The third kappa shape index (κ3) is 4.36. The lowest BCUT2D eigenvalue weighted by Gasteiger charge is -2.06. The van der Waals surface area contributed by atoms with Crippen LogP contribution in [0.3, 0.4) is 0 Å². The van der Waals surface area contributed by atoms with Crippen molar-refractivity contribution in [3.05, 3.63) is 23.3 Å². The number of ether oxygens (including phenoxy) is 1. The van der Waals surface area contributed by atoms with E-state index >= 15 is 0 Å². The zero-order chi connectivity index (χ0) is 11.1. The van der Waals surface area contributed by atoms with E-state index in [0.717, 1.165) is 30.3 Å². The molecule has 4 nitrogen and oxygen atoms in total. The molecule has 1 N–H and O–H groups in total. The van der Waals surface area contributed by atoms with Crippen LogP contribution < -0.4 is 5.32 Å². The molecule has 0 atom stereocenters. The summed E-state index contributed by atoms with van der Waals surface area (Å²) in [6.07, 6.45) is 0. The normalized spacial score (nSPS) is 10.6. The molecule has 0 aliphatic rings. The van der Waals surface area contributed by atoms with E-state index in [1.54, 1.807) is 0 Å². The lowest BCUT2D eigenvalue weighted by atomic mass is 10.3. The molecule has 84 valence electrons. The van der Waals surface area contributed by atoms with Crippen molar-refractivity contribution < 1.29 is 4.74 Å². The van der Waals surface area contributed by atoms with Gasteiger partial charge in [0.05, 0.1) is 5.69 Å². The number of aryl methyl sites for hydroxylation is 1. The zero-order valence-corrected chi connectivity index (χ0v) is 9.71. The molecule has 0 bridgehead atoms. The van der Waals surface area contributed by atoms with Crippen molar-refractivity contribution in [2.24, 2.45) is 0 Å². The van der Waals surface area contributed by atoms with Crippen molar-refractivity contribution in [1.82, 2.24) is 15.3 Å². The minimum Gasteiger partial charge on any atom is -0.374 e. The molecule has 0 fully saturated rings. The zero-order valence-electron chi connectivity index (χ0n) is 9.71. The van der Waals surface area contributed by atoms with Crippen LogP contribution in [0, 0.1) is 6.92 Å². The van der Waals surface area contributed by atoms with Gasteiger partial charge in [0.15, 0.2) is 5.82 Å². The summed E-state index contributed by atoms with van der Waals surface area (Å²) >= 11 is 0. The Morgan fingerprint density at radius 3 is 2.80 bits per heavy atom. The number of nitrogens with zero attached hydrogens (tertiary/aromatic N) is 2. The van der Waals surface area contributed by atoms with Crippen LogP contribution >= 0.6 is 0 Å². The van der Waals surface area contributed by atoms with E-state index < -0.39 is 0 Å². The minimum atomic E-state index is 0.497. The molecule has 0 unspecified atom stereocenters. The van der Waals surface area contributed by atoms with Crippen LogP contribution in [-0.2, 0) is 17.9 Å². The number of hydrogen-bond acceptors (Lipinski definition) is 4. The fourth-order valence-corrected chi connectivity index (χ4v) is 1.30. The van der Waals surface area contributed by atoms with E-state index in [9.17, 15) is 0 Å².